The molecule has 3 heterocycles. The van der Waals surface area contributed by atoms with Crippen LogP contribution in [0.25, 0.3) is 10.9 Å². The predicted octanol–water partition coefficient (Wildman–Crippen LogP) is 3.17. The van der Waals surface area contributed by atoms with E-state index in [4.69, 9.17) is 11.6 Å². The Bertz CT molecular complexity index is 958. The number of anilines is 3. The number of halogens is 1. The van der Waals surface area contributed by atoms with Crippen LogP contribution >= 0.6 is 11.6 Å². The highest BCUT2D eigenvalue weighted by Gasteiger charge is 2.19. The average Bonchev–Trinajstić information content (AvgIpc) is 3.29. The van der Waals surface area contributed by atoms with Crippen molar-refractivity contribution in [1.82, 2.24) is 25.1 Å². The van der Waals surface area contributed by atoms with Crippen LogP contribution in [0.1, 0.15) is 19.3 Å². The van der Waals surface area contributed by atoms with Crippen molar-refractivity contribution in [2.45, 2.75) is 19.3 Å². The van der Waals surface area contributed by atoms with Gasteiger partial charge in [-0.1, -0.05) is 11.6 Å². The van der Waals surface area contributed by atoms with Gasteiger partial charge in [-0.3, -0.25) is 9.89 Å². The fourth-order valence-corrected chi connectivity index (χ4v) is 3.27. The first-order chi connectivity index (χ1) is 13.2. The third kappa shape index (κ3) is 4.11. The number of benzene rings is 1. The molecule has 1 amide bonds. The number of aromatic amines is 1. The number of amides is 1. The number of H-pyrrole nitrogens is 1. The van der Waals surface area contributed by atoms with Gasteiger partial charge in [0.15, 0.2) is 0 Å². The van der Waals surface area contributed by atoms with E-state index in [0.717, 1.165) is 42.5 Å². The van der Waals surface area contributed by atoms with Gasteiger partial charge in [0.05, 0.1) is 17.9 Å². The Labute approximate surface area is 161 Å². The fourth-order valence-electron chi connectivity index (χ4n) is 3.11. The minimum absolute atomic E-state index is 0.246. The van der Waals surface area contributed by atoms with Gasteiger partial charge in [-0.05, 0) is 31.0 Å². The van der Waals surface area contributed by atoms with Gasteiger partial charge in [-0.25, -0.2) is 4.98 Å². The van der Waals surface area contributed by atoms with Crippen LogP contribution in [0.3, 0.4) is 0 Å². The molecule has 4 rings (SSSR count). The van der Waals surface area contributed by atoms with Gasteiger partial charge in [0.1, 0.15) is 10.8 Å². The number of fused-ring (bicyclic) bond motifs is 1. The summed E-state index contributed by atoms with van der Waals surface area (Å²) in [6.45, 7) is 2.30. The number of likely N-dealkylation sites (tertiary alicyclic amines) is 1. The molecule has 0 atom stereocenters. The van der Waals surface area contributed by atoms with E-state index in [2.05, 4.69) is 30.8 Å². The molecule has 1 fully saturated rings. The summed E-state index contributed by atoms with van der Waals surface area (Å²) in [5, 5.41) is 14.8. The summed E-state index contributed by atoms with van der Waals surface area (Å²) in [4.78, 5) is 22.2. The van der Waals surface area contributed by atoms with Crippen LogP contribution in [0.4, 0.5) is 17.5 Å². The Morgan fingerprint density at radius 1 is 1.30 bits per heavy atom. The van der Waals surface area contributed by atoms with Gasteiger partial charge in [0.2, 0.25) is 11.9 Å². The zero-order valence-electron chi connectivity index (χ0n) is 14.7. The Balaban J connectivity index is 1.36. The maximum atomic E-state index is 11.6. The minimum Gasteiger partial charge on any atom is -0.369 e. The molecule has 0 radical (unpaired) electrons. The highest BCUT2D eigenvalue weighted by Crippen LogP contribution is 2.23. The Morgan fingerprint density at radius 2 is 2.22 bits per heavy atom. The molecule has 8 nitrogen and oxygen atoms in total. The van der Waals surface area contributed by atoms with Crippen molar-refractivity contribution in [3.05, 3.63) is 35.6 Å². The summed E-state index contributed by atoms with van der Waals surface area (Å²) < 4.78 is 0. The molecule has 1 aliphatic rings. The molecule has 0 bridgehead atoms. The lowest BCUT2D eigenvalue weighted by Gasteiger charge is -2.15. The standard InChI is InChI=1S/C18H20ClN7O/c19-14-11-21-18(23-13-5-4-12-10-22-25-15(12)9-13)24-17(14)20-6-2-8-26-7-1-3-16(26)27/h4-5,9-11H,1-3,6-8H2,(H,22,25)(H2,20,21,23,24). The topological polar surface area (TPSA) is 98.8 Å². The number of hydrogen-bond donors (Lipinski definition) is 3. The molecule has 0 unspecified atom stereocenters. The molecule has 140 valence electrons. The smallest absolute Gasteiger partial charge is 0.229 e. The zero-order valence-corrected chi connectivity index (χ0v) is 15.5. The number of nitrogens with zero attached hydrogens (tertiary/aromatic N) is 4. The summed E-state index contributed by atoms with van der Waals surface area (Å²) in [7, 11) is 0. The average molecular weight is 386 g/mol. The molecular formula is C18H20ClN7O. The van der Waals surface area contributed by atoms with Gasteiger partial charge in [0, 0.05) is 37.1 Å². The fraction of sp³-hybridized carbons (Fsp3) is 0.333. The van der Waals surface area contributed by atoms with E-state index in [0.29, 0.717) is 29.8 Å². The van der Waals surface area contributed by atoms with E-state index >= 15 is 0 Å². The monoisotopic (exact) mass is 385 g/mol. The van der Waals surface area contributed by atoms with Gasteiger partial charge >= 0.3 is 0 Å². The highest BCUT2D eigenvalue weighted by molar-refractivity contribution is 6.32. The van der Waals surface area contributed by atoms with Crippen LogP contribution in [0.15, 0.2) is 30.6 Å². The molecule has 1 aromatic carbocycles. The normalized spacial score (nSPS) is 14.1. The maximum Gasteiger partial charge on any atom is 0.229 e. The van der Waals surface area contributed by atoms with E-state index in [1.807, 2.05) is 23.1 Å². The minimum atomic E-state index is 0.246. The van der Waals surface area contributed by atoms with Crippen molar-refractivity contribution >= 4 is 45.9 Å². The zero-order chi connectivity index (χ0) is 18.6. The lowest BCUT2D eigenvalue weighted by molar-refractivity contribution is -0.127. The molecular weight excluding hydrogens is 366 g/mol. The van der Waals surface area contributed by atoms with Crippen molar-refractivity contribution in [3.8, 4) is 0 Å². The number of rotatable bonds is 7. The predicted molar refractivity (Wildman–Crippen MR) is 105 cm³/mol. The van der Waals surface area contributed by atoms with E-state index in [-0.39, 0.29) is 5.91 Å². The summed E-state index contributed by atoms with van der Waals surface area (Å²) in [5.74, 6) is 1.27. The van der Waals surface area contributed by atoms with E-state index in [1.165, 1.54) is 0 Å². The van der Waals surface area contributed by atoms with Crippen molar-refractivity contribution in [2.75, 3.05) is 30.3 Å². The second-order valence-electron chi connectivity index (χ2n) is 6.45. The van der Waals surface area contributed by atoms with Gasteiger partial charge in [0.25, 0.3) is 0 Å². The summed E-state index contributed by atoms with van der Waals surface area (Å²) in [6.07, 6.45) is 5.81. The summed E-state index contributed by atoms with van der Waals surface area (Å²) >= 11 is 6.20. The number of carbonyl (C=O) groups is 1. The number of hydrogen-bond acceptors (Lipinski definition) is 6. The first-order valence-electron chi connectivity index (χ1n) is 8.93. The second kappa shape index (κ2) is 7.79. The van der Waals surface area contributed by atoms with E-state index < -0.39 is 0 Å². The lowest BCUT2D eigenvalue weighted by Crippen LogP contribution is -2.27. The van der Waals surface area contributed by atoms with Gasteiger partial charge in [-0.15, -0.1) is 0 Å². The summed E-state index contributed by atoms with van der Waals surface area (Å²) in [5.41, 5.74) is 1.79. The molecule has 1 aliphatic heterocycles. The quantitative estimate of drug-likeness (QED) is 0.540. The molecule has 2 aromatic heterocycles. The van der Waals surface area contributed by atoms with Crippen molar-refractivity contribution in [1.29, 1.82) is 0 Å². The van der Waals surface area contributed by atoms with Crippen LogP contribution < -0.4 is 10.6 Å². The molecule has 0 aliphatic carbocycles. The Kier molecular flexibility index (Phi) is 5.06. The van der Waals surface area contributed by atoms with Crippen LogP contribution in [-0.4, -0.2) is 50.6 Å². The van der Waals surface area contributed by atoms with Crippen molar-refractivity contribution in [3.63, 3.8) is 0 Å². The van der Waals surface area contributed by atoms with Crippen LogP contribution in [0, 0.1) is 0 Å². The highest BCUT2D eigenvalue weighted by atomic mass is 35.5. The van der Waals surface area contributed by atoms with Crippen molar-refractivity contribution < 1.29 is 4.79 Å². The molecule has 9 heteroatoms. The van der Waals surface area contributed by atoms with Crippen LogP contribution in [-0.2, 0) is 4.79 Å². The SMILES string of the molecule is O=C1CCCN1CCCNc1nc(Nc2ccc3cn[nH]c3c2)ncc1Cl. The lowest BCUT2D eigenvalue weighted by atomic mass is 10.2. The van der Waals surface area contributed by atoms with Gasteiger partial charge in [-0.2, -0.15) is 10.1 Å². The third-order valence-corrected chi connectivity index (χ3v) is 4.79. The Morgan fingerprint density at radius 3 is 3.07 bits per heavy atom. The molecule has 0 spiro atoms. The number of carbonyl (C=O) groups excluding carboxylic acids is 1. The summed E-state index contributed by atoms with van der Waals surface area (Å²) in [6, 6.07) is 5.85. The first kappa shape index (κ1) is 17.5. The van der Waals surface area contributed by atoms with Crippen LogP contribution in [0.2, 0.25) is 5.02 Å². The first-order valence-corrected chi connectivity index (χ1v) is 9.31. The Hall–Kier alpha value is -2.87. The molecule has 3 N–H and O–H groups in total. The molecule has 3 aromatic rings. The third-order valence-electron chi connectivity index (χ3n) is 4.51. The van der Waals surface area contributed by atoms with E-state index in [1.54, 1.807) is 12.4 Å². The molecule has 1 saturated heterocycles. The van der Waals surface area contributed by atoms with Gasteiger partial charge < -0.3 is 15.5 Å². The van der Waals surface area contributed by atoms with E-state index in [9.17, 15) is 4.79 Å². The second-order valence-corrected chi connectivity index (χ2v) is 6.86. The molecule has 0 saturated carbocycles. The number of nitrogens with one attached hydrogen (secondary N) is 3. The molecule has 27 heavy (non-hydrogen) atoms. The van der Waals surface area contributed by atoms with Crippen LogP contribution in [0.5, 0.6) is 0 Å². The van der Waals surface area contributed by atoms with Crippen molar-refractivity contribution in [2.24, 2.45) is 0 Å². The number of aromatic nitrogens is 4. The maximum absolute atomic E-state index is 11.6. The largest absolute Gasteiger partial charge is 0.369 e.